The van der Waals surface area contributed by atoms with Crippen LogP contribution in [0.15, 0.2) is 0 Å². The maximum absolute atomic E-state index is 11.3. The number of cyclic esters (lactones) is 2. The van der Waals surface area contributed by atoms with Crippen molar-refractivity contribution in [2.24, 2.45) is 5.92 Å². The minimum absolute atomic E-state index is 0.152. The van der Waals surface area contributed by atoms with E-state index in [2.05, 4.69) is 11.7 Å². The molecule has 0 aromatic heterocycles. The van der Waals surface area contributed by atoms with E-state index in [4.69, 9.17) is 0 Å². The number of unbranched alkanes of at least 4 members (excludes halogenated alkanes) is 10. The third-order valence-corrected chi connectivity index (χ3v) is 4.12. The lowest BCUT2D eigenvalue weighted by molar-refractivity contribution is -0.153. The van der Waals surface area contributed by atoms with Crippen LogP contribution in [0, 0.1) is 5.92 Å². The van der Waals surface area contributed by atoms with Gasteiger partial charge in [0.15, 0.2) is 0 Å². The van der Waals surface area contributed by atoms with Gasteiger partial charge in [-0.2, -0.15) is 0 Å². The van der Waals surface area contributed by atoms with Crippen LogP contribution in [-0.2, 0) is 14.3 Å². The van der Waals surface area contributed by atoms with Gasteiger partial charge in [-0.25, -0.2) is 0 Å². The van der Waals surface area contributed by atoms with E-state index in [0.29, 0.717) is 6.42 Å². The van der Waals surface area contributed by atoms with Crippen molar-refractivity contribution >= 4 is 11.9 Å². The van der Waals surface area contributed by atoms with Crippen molar-refractivity contribution in [2.45, 2.75) is 90.4 Å². The van der Waals surface area contributed by atoms with Crippen LogP contribution in [0.4, 0.5) is 0 Å². The molecule has 0 saturated carbocycles. The molecule has 3 heteroatoms. The first-order valence-electron chi connectivity index (χ1n) is 8.48. The largest absolute Gasteiger partial charge is 0.393 e. The summed E-state index contributed by atoms with van der Waals surface area (Å²) in [6.07, 6.45) is 15.5. The molecule has 0 spiro atoms. The van der Waals surface area contributed by atoms with Crippen molar-refractivity contribution in [3.05, 3.63) is 0 Å². The number of hydrogen-bond acceptors (Lipinski definition) is 3. The van der Waals surface area contributed by atoms with Gasteiger partial charge in [0.1, 0.15) is 0 Å². The summed E-state index contributed by atoms with van der Waals surface area (Å²) in [6.45, 7) is 2.25. The number of esters is 2. The van der Waals surface area contributed by atoms with E-state index in [0.717, 1.165) is 12.8 Å². The first kappa shape index (κ1) is 17.2. The molecule has 0 bridgehead atoms. The molecule has 116 valence electrons. The number of rotatable bonds is 12. The highest BCUT2D eigenvalue weighted by Crippen LogP contribution is 2.22. The van der Waals surface area contributed by atoms with Crippen LogP contribution < -0.4 is 0 Å². The van der Waals surface area contributed by atoms with Gasteiger partial charge in [-0.3, -0.25) is 9.59 Å². The van der Waals surface area contributed by atoms with Gasteiger partial charge in [-0.15, -0.1) is 0 Å². The Morgan fingerprint density at radius 1 is 0.850 bits per heavy atom. The second-order valence-corrected chi connectivity index (χ2v) is 6.02. The van der Waals surface area contributed by atoms with Crippen molar-refractivity contribution < 1.29 is 14.3 Å². The van der Waals surface area contributed by atoms with Crippen LogP contribution in [0.2, 0.25) is 0 Å². The van der Waals surface area contributed by atoms with E-state index in [9.17, 15) is 9.59 Å². The average molecular weight is 282 g/mol. The fourth-order valence-electron chi connectivity index (χ4n) is 2.80. The second kappa shape index (κ2) is 10.9. The fourth-order valence-corrected chi connectivity index (χ4v) is 2.80. The van der Waals surface area contributed by atoms with Gasteiger partial charge >= 0.3 is 11.9 Å². The number of hydrogen-bond donors (Lipinski definition) is 0. The zero-order valence-electron chi connectivity index (χ0n) is 13.0. The van der Waals surface area contributed by atoms with Crippen LogP contribution in [0.3, 0.4) is 0 Å². The Morgan fingerprint density at radius 2 is 1.35 bits per heavy atom. The molecule has 0 aliphatic carbocycles. The van der Waals surface area contributed by atoms with Gasteiger partial charge in [0, 0.05) is 0 Å². The van der Waals surface area contributed by atoms with Crippen LogP contribution in [0.1, 0.15) is 90.4 Å². The zero-order valence-corrected chi connectivity index (χ0v) is 13.0. The van der Waals surface area contributed by atoms with Gasteiger partial charge in [-0.05, 0) is 6.42 Å². The molecule has 20 heavy (non-hydrogen) atoms. The van der Waals surface area contributed by atoms with E-state index in [1.54, 1.807) is 0 Å². The Hall–Kier alpha value is -0.860. The number of carbonyl (C=O) groups is 2. The summed E-state index contributed by atoms with van der Waals surface area (Å²) in [5.74, 6) is -0.800. The quantitative estimate of drug-likeness (QED) is 0.294. The molecule has 1 aliphatic rings. The van der Waals surface area contributed by atoms with E-state index < -0.39 is 0 Å². The standard InChI is InChI=1S/C17H30O3/c1-2-3-4-5-6-7-8-9-10-11-12-13-15-14-16(18)20-17(15)19/h15H,2-14H2,1H3. The van der Waals surface area contributed by atoms with Crippen LogP contribution in [0.25, 0.3) is 0 Å². The summed E-state index contributed by atoms with van der Waals surface area (Å²) < 4.78 is 4.55. The molecule has 3 nitrogen and oxygen atoms in total. The van der Waals surface area contributed by atoms with E-state index in [1.807, 2.05) is 0 Å². The number of carbonyl (C=O) groups excluding carboxylic acids is 2. The Morgan fingerprint density at radius 3 is 1.80 bits per heavy atom. The molecule has 0 radical (unpaired) electrons. The smallest absolute Gasteiger partial charge is 0.317 e. The van der Waals surface area contributed by atoms with E-state index >= 15 is 0 Å². The summed E-state index contributed by atoms with van der Waals surface area (Å²) in [5, 5.41) is 0. The molecule has 0 N–H and O–H groups in total. The Labute approximate surface area is 123 Å². The van der Waals surface area contributed by atoms with Gasteiger partial charge in [-0.1, -0.05) is 77.6 Å². The SMILES string of the molecule is CCCCCCCCCCCCCC1CC(=O)OC1=O. The van der Waals surface area contributed by atoms with Crippen molar-refractivity contribution in [3.8, 4) is 0 Å². The van der Waals surface area contributed by atoms with Crippen LogP contribution >= 0.6 is 0 Å². The predicted molar refractivity (Wildman–Crippen MR) is 80.3 cm³/mol. The minimum atomic E-state index is -0.344. The lowest BCUT2D eigenvalue weighted by Crippen LogP contribution is -2.06. The van der Waals surface area contributed by atoms with Gasteiger partial charge in [0.05, 0.1) is 12.3 Å². The van der Waals surface area contributed by atoms with E-state index in [-0.39, 0.29) is 17.9 Å². The summed E-state index contributed by atoms with van der Waals surface area (Å²) >= 11 is 0. The molecule has 1 atom stereocenters. The molecule has 1 unspecified atom stereocenters. The highest BCUT2D eigenvalue weighted by Gasteiger charge is 2.32. The van der Waals surface area contributed by atoms with Gasteiger partial charge < -0.3 is 4.74 Å². The fraction of sp³-hybridized carbons (Fsp3) is 0.882. The maximum atomic E-state index is 11.3. The predicted octanol–water partition coefficient (Wildman–Crippen LogP) is 4.78. The molecule has 0 amide bonds. The number of ether oxygens (including phenoxy) is 1. The molecule has 0 aromatic rings. The van der Waals surface area contributed by atoms with Gasteiger partial charge in [0.2, 0.25) is 0 Å². The maximum Gasteiger partial charge on any atom is 0.317 e. The molecule has 1 aliphatic heterocycles. The summed E-state index contributed by atoms with van der Waals surface area (Å²) in [7, 11) is 0. The van der Waals surface area contributed by atoms with Crippen molar-refractivity contribution in [2.75, 3.05) is 0 Å². The second-order valence-electron chi connectivity index (χ2n) is 6.02. The highest BCUT2D eigenvalue weighted by molar-refractivity contribution is 5.94. The molecular weight excluding hydrogens is 252 g/mol. The Bertz CT molecular complexity index is 286. The third-order valence-electron chi connectivity index (χ3n) is 4.12. The molecule has 1 fully saturated rings. The molecular formula is C17H30O3. The summed E-state index contributed by atoms with van der Waals surface area (Å²) in [5.41, 5.74) is 0. The van der Waals surface area contributed by atoms with Gasteiger partial charge in [0.25, 0.3) is 0 Å². The molecule has 1 rings (SSSR count). The zero-order chi connectivity index (χ0) is 14.6. The summed E-state index contributed by atoms with van der Waals surface area (Å²) in [6, 6.07) is 0. The topological polar surface area (TPSA) is 43.4 Å². The normalized spacial score (nSPS) is 18.6. The first-order valence-corrected chi connectivity index (χ1v) is 8.48. The molecule has 1 saturated heterocycles. The Balaban J connectivity index is 1.81. The lowest BCUT2D eigenvalue weighted by Gasteiger charge is -2.04. The van der Waals surface area contributed by atoms with Crippen LogP contribution in [0.5, 0.6) is 0 Å². The minimum Gasteiger partial charge on any atom is -0.393 e. The van der Waals surface area contributed by atoms with Crippen molar-refractivity contribution in [1.82, 2.24) is 0 Å². The monoisotopic (exact) mass is 282 g/mol. The lowest BCUT2D eigenvalue weighted by atomic mass is 9.99. The highest BCUT2D eigenvalue weighted by atomic mass is 16.6. The van der Waals surface area contributed by atoms with Crippen LogP contribution in [-0.4, -0.2) is 11.9 Å². The van der Waals surface area contributed by atoms with Crippen molar-refractivity contribution in [1.29, 1.82) is 0 Å². The molecule has 0 aromatic carbocycles. The Kier molecular flexibility index (Phi) is 9.35. The summed E-state index contributed by atoms with van der Waals surface area (Å²) in [4.78, 5) is 22.2. The first-order chi connectivity index (χ1) is 9.74. The average Bonchev–Trinajstić information content (AvgIpc) is 2.74. The third kappa shape index (κ3) is 7.66. The molecule has 1 heterocycles. The van der Waals surface area contributed by atoms with Crippen molar-refractivity contribution in [3.63, 3.8) is 0 Å². The van der Waals surface area contributed by atoms with E-state index in [1.165, 1.54) is 64.2 Å².